The van der Waals surface area contributed by atoms with Crippen LogP contribution in [0, 0.1) is 6.92 Å². The molecule has 206 valence electrons. The number of unbranched alkanes of at least 4 members (excludes halogenated alkanes) is 14. The molecule has 1 N–H and O–H groups in total. The summed E-state index contributed by atoms with van der Waals surface area (Å²) in [5, 5.41) is 8.52. The van der Waals surface area contributed by atoms with Gasteiger partial charge in [0.05, 0.1) is 0 Å². The summed E-state index contributed by atoms with van der Waals surface area (Å²) in [6.07, 6.45) is 27.3. The molecular formula is C34H53NO2. The lowest BCUT2D eigenvalue weighted by atomic mass is 10.0. The molecule has 2 aromatic rings. The SMILES string of the molecule is C=Cc1ccc(C)cc1.C=Cc1ccncc1.CCCCCCCCCCCCCCCCCC(=O)O. The first-order valence-corrected chi connectivity index (χ1v) is 14.5. The molecule has 3 heteroatoms. The van der Waals surface area contributed by atoms with E-state index in [4.69, 9.17) is 5.11 Å². The van der Waals surface area contributed by atoms with Gasteiger partial charge in [0.2, 0.25) is 0 Å². The van der Waals surface area contributed by atoms with Gasteiger partial charge >= 0.3 is 5.97 Å². The number of aryl methyl sites for hydroxylation is 1. The van der Waals surface area contributed by atoms with Crippen LogP contribution in [-0.4, -0.2) is 16.1 Å². The number of hydrogen-bond donors (Lipinski definition) is 1. The van der Waals surface area contributed by atoms with Crippen molar-refractivity contribution in [3.63, 3.8) is 0 Å². The molecule has 0 aliphatic heterocycles. The summed E-state index contributed by atoms with van der Waals surface area (Å²) in [4.78, 5) is 14.2. The summed E-state index contributed by atoms with van der Waals surface area (Å²) in [6, 6.07) is 12.1. The predicted octanol–water partition coefficient (Wildman–Crippen LogP) is 10.7. The second-order valence-electron chi connectivity index (χ2n) is 9.69. The van der Waals surface area contributed by atoms with Crippen molar-refractivity contribution in [1.29, 1.82) is 0 Å². The number of carboxylic acids is 1. The van der Waals surface area contributed by atoms with Gasteiger partial charge in [-0.3, -0.25) is 9.78 Å². The van der Waals surface area contributed by atoms with Gasteiger partial charge < -0.3 is 5.11 Å². The maximum atomic E-state index is 10.3. The Morgan fingerprint density at radius 1 is 0.676 bits per heavy atom. The van der Waals surface area contributed by atoms with Crippen molar-refractivity contribution in [1.82, 2.24) is 4.98 Å². The van der Waals surface area contributed by atoms with Gasteiger partial charge in [0, 0.05) is 18.8 Å². The predicted molar refractivity (Wildman–Crippen MR) is 163 cm³/mol. The van der Waals surface area contributed by atoms with Crippen LogP contribution in [0.3, 0.4) is 0 Å². The zero-order chi connectivity index (χ0) is 27.4. The second kappa shape index (κ2) is 26.4. The molecule has 3 nitrogen and oxygen atoms in total. The summed E-state index contributed by atoms with van der Waals surface area (Å²) in [6.45, 7) is 11.6. The van der Waals surface area contributed by atoms with E-state index >= 15 is 0 Å². The number of carbonyl (C=O) groups is 1. The maximum absolute atomic E-state index is 10.3. The highest BCUT2D eigenvalue weighted by molar-refractivity contribution is 5.66. The Kier molecular flexibility index (Phi) is 24.5. The Morgan fingerprint density at radius 3 is 1.41 bits per heavy atom. The monoisotopic (exact) mass is 507 g/mol. The van der Waals surface area contributed by atoms with Crippen LogP contribution >= 0.6 is 0 Å². The van der Waals surface area contributed by atoms with Crippen LogP contribution < -0.4 is 0 Å². The Morgan fingerprint density at radius 2 is 1.05 bits per heavy atom. The van der Waals surface area contributed by atoms with E-state index < -0.39 is 5.97 Å². The molecule has 37 heavy (non-hydrogen) atoms. The van der Waals surface area contributed by atoms with Crippen molar-refractivity contribution in [2.24, 2.45) is 0 Å². The topological polar surface area (TPSA) is 50.2 Å². The minimum absolute atomic E-state index is 0.345. The van der Waals surface area contributed by atoms with Crippen LogP contribution in [0.15, 0.2) is 61.9 Å². The molecule has 2 rings (SSSR count). The van der Waals surface area contributed by atoms with Gasteiger partial charge in [-0.25, -0.2) is 0 Å². The van der Waals surface area contributed by atoms with Gasteiger partial charge in [-0.05, 0) is 36.6 Å². The number of rotatable bonds is 18. The number of aliphatic carboxylic acids is 1. The first-order valence-electron chi connectivity index (χ1n) is 14.5. The molecule has 0 saturated heterocycles. The average molecular weight is 508 g/mol. The van der Waals surface area contributed by atoms with E-state index in [0.29, 0.717) is 6.42 Å². The Balaban J connectivity index is 0.000000617. The zero-order valence-corrected chi connectivity index (χ0v) is 23.8. The quantitative estimate of drug-likeness (QED) is 0.204. The average Bonchev–Trinajstić information content (AvgIpc) is 2.92. The molecule has 0 saturated carbocycles. The third-order valence-corrected chi connectivity index (χ3v) is 6.25. The van der Waals surface area contributed by atoms with Crippen molar-refractivity contribution in [2.45, 2.75) is 117 Å². The first-order chi connectivity index (χ1) is 18.0. The molecule has 0 fully saturated rings. The van der Waals surface area contributed by atoms with Crippen LogP contribution in [0.5, 0.6) is 0 Å². The Bertz CT molecular complexity index is 783. The maximum Gasteiger partial charge on any atom is 0.303 e. The molecule has 1 aromatic carbocycles. The van der Waals surface area contributed by atoms with Crippen molar-refractivity contribution in [3.8, 4) is 0 Å². The van der Waals surface area contributed by atoms with Gasteiger partial charge in [0.25, 0.3) is 0 Å². The summed E-state index contributed by atoms with van der Waals surface area (Å²) < 4.78 is 0. The van der Waals surface area contributed by atoms with Crippen molar-refractivity contribution in [3.05, 3.63) is 78.6 Å². The highest BCUT2D eigenvalue weighted by Crippen LogP contribution is 2.13. The van der Waals surface area contributed by atoms with Crippen LogP contribution in [0.1, 0.15) is 126 Å². The molecule has 0 aliphatic carbocycles. The zero-order valence-electron chi connectivity index (χ0n) is 23.8. The van der Waals surface area contributed by atoms with E-state index in [-0.39, 0.29) is 0 Å². The number of hydrogen-bond acceptors (Lipinski definition) is 2. The van der Waals surface area contributed by atoms with Gasteiger partial charge in [-0.1, -0.05) is 152 Å². The molecule has 0 spiro atoms. The molecule has 1 heterocycles. The highest BCUT2D eigenvalue weighted by atomic mass is 16.4. The standard InChI is InChI=1S/C18H36O2.C9H10.C7H7N/c1-2-3-4-5-6-7-8-9-10-11-12-13-14-15-16-17-18(19)20;1-3-9-6-4-8(2)5-7-9;1-2-7-3-5-8-6-4-7/h2-17H2,1H3,(H,19,20);3-7H,1H2,2H3;2-6H,1H2. The van der Waals surface area contributed by atoms with Gasteiger partial charge in [0.15, 0.2) is 0 Å². The van der Waals surface area contributed by atoms with Crippen LogP contribution in [0.2, 0.25) is 0 Å². The molecule has 1 aromatic heterocycles. The van der Waals surface area contributed by atoms with E-state index in [0.717, 1.165) is 18.4 Å². The number of benzene rings is 1. The number of carboxylic acid groups (broad SMARTS) is 1. The smallest absolute Gasteiger partial charge is 0.303 e. The molecule has 0 radical (unpaired) electrons. The van der Waals surface area contributed by atoms with Crippen LogP contribution in [0.4, 0.5) is 0 Å². The largest absolute Gasteiger partial charge is 0.481 e. The Labute approximate surface area is 228 Å². The summed E-state index contributed by atoms with van der Waals surface area (Å²) >= 11 is 0. The molecule has 0 unspecified atom stereocenters. The first kappa shape index (κ1) is 34.3. The highest BCUT2D eigenvalue weighted by Gasteiger charge is 1.97. The lowest BCUT2D eigenvalue weighted by Gasteiger charge is -2.03. The fourth-order valence-corrected chi connectivity index (χ4v) is 3.85. The van der Waals surface area contributed by atoms with E-state index in [1.54, 1.807) is 18.5 Å². The third kappa shape index (κ3) is 24.8. The minimum atomic E-state index is -0.653. The summed E-state index contributed by atoms with van der Waals surface area (Å²) in [5.74, 6) is -0.653. The minimum Gasteiger partial charge on any atom is -0.481 e. The fraction of sp³-hybridized carbons (Fsp3) is 0.529. The lowest BCUT2D eigenvalue weighted by Crippen LogP contribution is -1.93. The Hall–Kier alpha value is -2.68. The van der Waals surface area contributed by atoms with Crippen LogP contribution in [0.25, 0.3) is 12.2 Å². The second-order valence-corrected chi connectivity index (χ2v) is 9.69. The molecular weight excluding hydrogens is 454 g/mol. The number of nitrogens with zero attached hydrogens (tertiary/aromatic N) is 1. The molecule has 0 aliphatic rings. The van der Waals surface area contributed by atoms with Crippen LogP contribution in [-0.2, 0) is 4.79 Å². The van der Waals surface area contributed by atoms with Gasteiger partial charge in [-0.2, -0.15) is 0 Å². The van der Waals surface area contributed by atoms with Crippen molar-refractivity contribution in [2.75, 3.05) is 0 Å². The van der Waals surface area contributed by atoms with E-state index in [9.17, 15) is 4.79 Å². The molecule has 0 amide bonds. The van der Waals surface area contributed by atoms with Gasteiger partial charge in [0.1, 0.15) is 0 Å². The van der Waals surface area contributed by atoms with E-state index in [2.05, 4.69) is 56.3 Å². The molecule has 0 atom stereocenters. The number of pyridine rings is 1. The van der Waals surface area contributed by atoms with E-state index in [1.165, 1.54) is 94.6 Å². The number of aromatic nitrogens is 1. The summed E-state index contributed by atoms with van der Waals surface area (Å²) in [5.41, 5.74) is 3.58. The van der Waals surface area contributed by atoms with E-state index in [1.807, 2.05) is 18.2 Å². The van der Waals surface area contributed by atoms with Crippen molar-refractivity contribution < 1.29 is 9.90 Å². The fourth-order valence-electron chi connectivity index (χ4n) is 3.85. The summed E-state index contributed by atoms with van der Waals surface area (Å²) in [7, 11) is 0. The van der Waals surface area contributed by atoms with Gasteiger partial charge in [-0.15, -0.1) is 0 Å². The third-order valence-electron chi connectivity index (χ3n) is 6.25. The van der Waals surface area contributed by atoms with Crippen molar-refractivity contribution >= 4 is 18.1 Å². The normalized spacial score (nSPS) is 9.89. The lowest BCUT2D eigenvalue weighted by molar-refractivity contribution is -0.137. The molecule has 0 bridgehead atoms.